The molecular formula is C27H32N4. The molecule has 3 aromatic rings. The third-order valence-corrected chi connectivity index (χ3v) is 6.68. The number of para-hydroxylation sites is 1. The van der Waals surface area contributed by atoms with Gasteiger partial charge in [0.05, 0.1) is 5.52 Å². The van der Waals surface area contributed by atoms with Crippen molar-refractivity contribution in [2.24, 2.45) is 0 Å². The molecule has 1 aromatic heterocycles. The number of benzene rings is 2. The Morgan fingerprint density at radius 3 is 2.87 bits per heavy atom. The second kappa shape index (κ2) is 9.21. The van der Waals surface area contributed by atoms with Gasteiger partial charge in [0, 0.05) is 42.9 Å². The summed E-state index contributed by atoms with van der Waals surface area (Å²) in [7, 11) is 0. The number of hydrogen-bond acceptors (Lipinski definition) is 4. The molecule has 0 atom stereocenters. The largest absolute Gasteiger partial charge is 0.381 e. The molecule has 2 aliphatic rings. The molecular weight excluding hydrogens is 380 g/mol. The lowest BCUT2D eigenvalue weighted by atomic mass is 10.0. The van der Waals surface area contributed by atoms with Crippen molar-refractivity contribution in [2.45, 2.75) is 32.2 Å². The van der Waals surface area contributed by atoms with E-state index >= 15 is 0 Å². The van der Waals surface area contributed by atoms with E-state index in [9.17, 15) is 0 Å². The lowest BCUT2D eigenvalue weighted by Gasteiger charge is -2.33. The molecule has 0 spiro atoms. The summed E-state index contributed by atoms with van der Waals surface area (Å²) in [5, 5.41) is 8.65. The van der Waals surface area contributed by atoms with E-state index in [0.717, 1.165) is 31.6 Å². The SMILES string of the molecule is Cc1cnc2cccc(CCN3CCC(NCC4=Cc5ccccc5NC4)CC3)c2c1. The summed E-state index contributed by atoms with van der Waals surface area (Å²) < 4.78 is 0. The highest BCUT2D eigenvalue weighted by Gasteiger charge is 2.19. The predicted octanol–water partition coefficient (Wildman–Crippen LogP) is 4.65. The van der Waals surface area contributed by atoms with Gasteiger partial charge in [0.2, 0.25) is 0 Å². The van der Waals surface area contributed by atoms with Crippen molar-refractivity contribution in [3.05, 3.63) is 77.0 Å². The zero-order valence-corrected chi connectivity index (χ0v) is 18.4. The third-order valence-electron chi connectivity index (χ3n) is 6.68. The molecule has 0 saturated carbocycles. The number of fused-ring (bicyclic) bond motifs is 2. The fraction of sp³-hybridized carbons (Fsp3) is 0.370. The summed E-state index contributed by atoms with van der Waals surface area (Å²) in [5.41, 5.74) is 7.77. The van der Waals surface area contributed by atoms with Crippen LogP contribution in [-0.4, -0.2) is 48.6 Å². The van der Waals surface area contributed by atoms with Crippen molar-refractivity contribution >= 4 is 22.7 Å². The highest BCUT2D eigenvalue weighted by molar-refractivity contribution is 5.82. The minimum Gasteiger partial charge on any atom is -0.381 e. The normalized spacial score (nSPS) is 17.3. The molecule has 160 valence electrons. The molecule has 0 amide bonds. The monoisotopic (exact) mass is 412 g/mol. The Bertz CT molecular complexity index is 1080. The van der Waals surface area contributed by atoms with Crippen molar-refractivity contribution < 1.29 is 0 Å². The molecule has 4 heteroatoms. The number of anilines is 1. The molecule has 31 heavy (non-hydrogen) atoms. The molecule has 5 rings (SSSR count). The molecule has 2 aromatic carbocycles. The van der Waals surface area contributed by atoms with E-state index in [2.05, 4.69) is 82.0 Å². The van der Waals surface area contributed by atoms with E-state index in [1.165, 1.54) is 59.3 Å². The second-order valence-electron chi connectivity index (χ2n) is 8.99. The average Bonchev–Trinajstić information content (AvgIpc) is 2.82. The fourth-order valence-electron chi connectivity index (χ4n) is 4.82. The van der Waals surface area contributed by atoms with Gasteiger partial charge in [0.15, 0.2) is 0 Å². The lowest BCUT2D eigenvalue weighted by molar-refractivity contribution is 0.201. The quantitative estimate of drug-likeness (QED) is 0.618. The first-order valence-corrected chi connectivity index (χ1v) is 11.6. The van der Waals surface area contributed by atoms with Crippen LogP contribution in [0.15, 0.2) is 60.3 Å². The van der Waals surface area contributed by atoms with Gasteiger partial charge in [-0.25, -0.2) is 0 Å². The maximum atomic E-state index is 4.59. The molecule has 0 unspecified atom stereocenters. The molecule has 4 nitrogen and oxygen atoms in total. The molecule has 0 radical (unpaired) electrons. The van der Waals surface area contributed by atoms with E-state index in [1.807, 2.05) is 6.20 Å². The van der Waals surface area contributed by atoms with E-state index < -0.39 is 0 Å². The van der Waals surface area contributed by atoms with E-state index in [-0.39, 0.29) is 0 Å². The zero-order valence-electron chi connectivity index (χ0n) is 18.4. The number of likely N-dealkylation sites (tertiary alicyclic amines) is 1. The number of hydrogen-bond donors (Lipinski definition) is 2. The van der Waals surface area contributed by atoms with Crippen LogP contribution in [0.1, 0.15) is 29.5 Å². The summed E-state index contributed by atoms with van der Waals surface area (Å²) in [6, 6.07) is 18.0. The maximum absolute atomic E-state index is 4.59. The van der Waals surface area contributed by atoms with Crippen molar-refractivity contribution in [1.82, 2.24) is 15.2 Å². The van der Waals surface area contributed by atoms with Crippen LogP contribution >= 0.6 is 0 Å². The Morgan fingerprint density at radius 1 is 1.10 bits per heavy atom. The van der Waals surface area contributed by atoms with Gasteiger partial charge >= 0.3 is 0 Å². The van der Waals surface area contributed by atoms with Crippen LogP contribution < -0.4 is 10.6 Å². The Balaban J connectivity index is 1.10. The first-order valence-electron chi connectivity index (χ1n) is 11.6. The van der Waals surface area contributed by atoms with Gasteiger partial charge in [0.1, 0.15) is 0 Å². The summed E-state index contributed by atoms with van der Waals surface area (Å²) in [6.07, 6.45) is 7.86. The van der Waals surface area contributed by atoms with Crippen molar-refractivity contribution in [2.75, 3.05) is 38.0 Å². The van der Waals surface area contributed by atoms with Gasteiger partial charge < -0.3 is 15.5 Å². The van der Waals surface area contributed by atoms with E-state index in [1.54, 1.807) is 0 Å². The van der Waals surface area contributed by atoms with Crippen molar-refractivity contribution in [3.63, 3.8) is 0 Å². The summed E-state index contributed by atoms with van der Waals surface area (Å²) in [5.74, 6) is 0. The molecule has 1 saturated heterocycles. The van der Waals surface area contributed by atoms with Crippen molar-refractivity contribution in [3.8, 4) is 0 Å². The first kappa shape index (κ1) is 20.2. The highest BCUT2D eigenvalue weighted by atomic mass is 15.1. The van der Waals surface area contributed by atoms with Crippen LogP contribution in [0.25, 0.3) is 17.0 Å². The first-order chi connectivity index (χ1) is 15.2. The minimum atomic E-state index is 0.624. The molecule has 0 bridgehead atoms. The van der Waals surface area contributed by atoms with Gasteiger partial charge in [-0.1, -0.05) is 36.4 Å². The van der Waals surface area contributed by atoms with Crippen LogP contribution in [0.5, 0.6) is 0 Å². The number of aromatic nitrogens is 1. The fourth-order valence-corrected chi connectivity index (χ4v) is 4.82. The Labute approximate surface area is 185 Å². The van der Waals surface area contributed by atoms with Crippen LogP contribution in [0.2, 0.25) is 0 Å². The van der Waals surface area contributed by atoms with Crippen LogP contribution in [0.3, 0.4) is 0 Å². The summed E-state index contributed by atoms with van der Waals surface area (Å²) in [4.78, 5) is 7.21. The highest BCUT2D eigenvalue weighted by Crippen LogP contribution is 2.23. The summed E-state index contributed by atoms with van der Waals surface area (Å²) >= 11 is 0. The minimum absolute atomic E-state index is 0.624. The average molecular weight is 413 g/mol. The molecule has 0 aliphatic carbocycles. The number of rotatable bonds is 6. The number of nitrogens with one attached hydrogen (secondary N) is 2. The number of nitrogens with zero attached hydrogens (tertiary/aromatic N) is 2. The molecule has 2 N–H and O–H groups in total. The Morgan fingerprint density at radius 2 is 1.97 bits per heavy atom. The summed E-state index contributed by atoms with van der Waals surface area (Å²) in [6.45, 7) is 7.54. The van der Waals surface area contributed by atoms with Crippen LogP contribution in [0, 0.1) is 6.92 Å². The Kier molecular flexibility index (Phi) is 6.01. The lowest BCUT2D eigenvalue weighted by Crippen LogP contribution is -2.44. The number of piperidine rings is 1. The smallest absolute Gasteiger partial charge is 0.0704 e. The molecule has 3 heterocycles. The maximum Gasteiger partial charge on any atom is 0.0704 e. The van der Waals surface area contributed by atoms with Gasteiger partial charge in [-0.15, -0.1) is 0 Å². The van der Waals surface area contributed by atoms with E-state index in [0.29, 0.717) is 6.04 Å². The van der Waals surface area contributed by atoms with Gasteiger partial charge in [0.25, 0.3) is 0 Å². The number of pyridine rings is 1. The topological polar surface area (TPSA) is 40.2 Å². The van der Waals surface area contributed by atoms with Crippen LogP contribution in [-0.2, 0) is 6.42 Å². The number of aryl methyl sites for hydroxylation is 1. The second-order valence-corrected chi connectivity index (χ2v) is 8.99. The molecule has 2 aliphatic heterocycles. The van der Waals surface area contributed by atoms with Crippen LogP contribution in [0.4, 0.5) is 5.69 Å². The third kappa shape index (κ3) is 4.81. The standard InChI is InChI=1S/C27H32N4/c1-20-15-25-22(6-4-8-27(25)29-17-20)9-12-31-13-10-24(11-14-31)28-18-21-16-23-5-2-3-7-26(23)30-19-21/h2-8,15-17,24,28,30H,9-14,18-19H2,1H3. The molecule has 1 fully saturated rings. The van der Waals surface area contributed by atoms with Gasteiger partial charge in [-0.2, -0.15) is 0 Å². The van der Waals surface area contributed by atoms with Crippen molar-refractivity contribution in [1.29, 1.82) is 0 Å². The Hall–Kier alpha value is -2.69. The predicted molar refractivity (Wildman–Crippen MR) is 131 cm³/mol. The van der Waals surface area contributed by atoms with Gasteiger partial charge in [-0.05, 0) is 79.7 Å². The zero-order chi connectivity index (χ0) is 21.0. The van der Waals surface area contributed by atoms with Gasteiger partial charge in [-0.3, -0.25) is 4.98 Å². The van der Waals surface area contributed by atoms with E-state index in [4.69, 9.17) is 0 Å².